The van der Waals surface area contributed by atoms with E-state index in [1.165, 1.54) is 28.0 Å². The van der Waals surface area contributed by atoms with Gasteiger partial charge in [0.05, 0.1) is 5.69 Å². The molecule has 0 unspecified atom stereocenters. The Morgan fingerprint density at radius 1 is 1.13 bits per heavy atom. The lowest BCUT2D eigenvalue weighted by Crippen LogP contribution is -2.52. The Bertz CT molecular complexity index is 943. The number of aromatic nitrogens is 1. The second kappa shape index (κ2) is 11.3. The first kappa shape index (κ1) is 24.1. The molecule has 0 saturated heterocycles. The van der Waals surface area contributed by atoms with E-state index in [0.717, 1.165) is 30.5 Å². The minimum atomic E-state index is -1.80. The number of thiazole rings is 1. The minimum Gasteiger partial charge on any atom is -0.463 e. The van der Waals surface area contributed by atoms with E-state index in [1.807, 2.05) is 12.3 Å². The summed E-state index contributed by atoms with van der Waals surface area (Å²) in [6.07, 6.45) is -0.666. The van der Waals surface area contributed by atoms with E-state index >= 15 is 0 Å². The third-order valence-electron chi connectivity index (χ3n) is 4.00. The molecule has 2 heterocycles. The highest BCUT2D eigenvalue weighted by molar-refractivity contribution is 7.14. The molecule has 0 aliphatic rings. The number of carbonyl (C=O) groups is 4. The maximum absolute atomic E-state index is 11.6. The van der Waals surface area contributed by atoms with E-state index in [1.54, 1.807) is 16.8 Å². The van der Waals surface area contributed by atoms with Gasteiger partial charge in [0.2, 0.25) is 5.91 Å². The molecule has 0 fully saturated rings. The number of imide groups is 1. The first-order valence-corrected chi connectivity index (χ1v) is 11.0. The van der Waals surface area contributed by atoms with Gasteiger partial charge in [-0.15, -0.1) is 27.7 Å². The molecule has 0 aliphatic heterocycles. The third kappa shape index (κ3) is 7.86. The second-order valence-electron chi connectivity index (χ2n) is 6.52. The lowest BCUT2D eigenvalue weighted by molar-refractivity contribution is -0.114. The van der Waals surface area contributed by atoms with Crippen LogP contribution in [0.25, 0.3) is 0 Å². The molecule has 5 amide bonds. The zero-order valence-corrected chi connectivity index (χ0v) is 18.6. The number of anilines is 1. The van der Waals surface area contributed by atoms with Crippen molar-refractivity contribution in [2.24, 2.45) is 0 Å². The molecule has 11 nitrogen and oxygen atoms in total. The Morgan fingerprint density at radius 3 is 2.48 bits per heavy atom. The highest BCUT2D eigenvalue weighted by atomic mass is 32.1. The van der Waals surface area contributed by atoms with Crippen LogP contribution < -0.4 is 16.1 Å². The van der Waals surface area contributed by atoms with Crippen molar-refractivity contribution in [3.8, 4) is 0 Å². The molecule has 5 N–H and O–H groups in total. The first-order valence-electron chi connectivity index (χ1n) is 9.26. The van der Waals surface area contributed by atoms with Gasteiger partial charge in [-0.05, 0) is 44.2 Å². The number of hydrogen-bond acceptors (Lipinski definition) is 7. The van der Waals surface area contributed by atoms with Crippen molar-refractivity contribution in [3.05, 3.63) is 32.5 Å². The number of carbonyl (C=O) groups excluding carboxylic acids is 2. The Balaban J connectivity index is 1.75. The van der Waals surface area contributed by atoms with E-state index in [2.05, 4.69) is 21.7 Å². The fourth-order valence-electron chi connectivity index (χ4n) is 2.61. The van der Waals surface area contributed by atoms with Gasteiger partial charge in [0, 0.05) is 28.6 Å². The fourth-order valence-corrected chi connectivity index (χ4v) is 4.63. The van der Waals surface area contributed by atoms with Crippen molar-refractivity contribution in [1.29, 1.82) is 0 Å². The topological polar surface area (TPSA) is 161 Å². The summed E-state index contributed by atoms with van der Waals surface area (Å²) in [5.41, 5.74) is 3.81. The van der Waals surface area contributed by atoms with Crippen LogP contribution in [0.3, 0.4) is 0 Å². The number of hydrazine groups is 1. The molecule has 0 spiro atoms. The van der Waals surface area contributed by atoms with Gasteiger partial charge in [-0.25, -0.2) is 24.8 Å². The Hall–Kier alpha value is -3.19. The lowest BCUT2D eigenvalue weighted by Gasteiger charge is -2.14. The molecule has 168 valence electrons. The molecule has 0 bridgehead atoms. The molecule has 2 rings (SSSR count). The van der Waals surface area contributed by atoms with Crippen LogP contribution in [0, 0.1) is 6.92 Å². The second-order valence-corrected chi connectivity index (χ2v) is 8.60. The largest absolute Gasteiger partial charge is 0.463 e. The zero-order chi connectivity index (χ0) is 23.0. The summed E-state index contributed by atoms with van der Waals surface area (Å²) < 4.78 is 0. The van der Waals surface area contributed by atoms with Gasteiger partial charge >= 0.3 is 18.2 Å². The molecule has 0 saturated carbocycles. The van der Waals surface area contributed by atoms with Gasteiger partial charge in [-0.3, -0.25) is 4.79 Å². The van der Waals surface area contributed by atoms with Gasteiger partial charge in [0.1, 0.15) is 0 Å². The Kier molecular flexibility index (Phi) is 8.75. The maximum atomic E-state index is 11.6. The van der Waals surface area contributed by atoms with E-state index in [4.69, 9.17) is 10.2 Å². The number of hydrogen-bond donors (Lipinski definition) is 5. The molecule has 31 heavy (non-hydrogen) atoms. The molecule has 2 aromatic heterocycles. The van der Waals surface area contributed by atoms with Crippen molar-refractivity contribution in [2.75, 3.05) is 11.9 Å². The summed E-state index contributed by atoms with van der Waals surface area (Å²) in [5, 5.41) is 24.8. The van der Waals surface area contributed by atoms with Crippen LogP contribution in [0.2, 0.25) is 0 Å². The summed E-state index contributed by atoms with van der Waals surface area (Å²) >= 11 is 3.08. The number of nitrogens with zero attached hydrogens (tertiary/aromatic N) is 2. The monoisotopic (exact) mass is 469 g/mol. The highest BCUT2D eigenvalue weighted by Crippen LogP contribution is 2.25. The third-order valence-corrected chi connectivity index (χ3v) is 6.16. The van der Waals surface area contributed by atoms with Crippen molar-refractivity contribution >= 4 is 51.9 Å². The van der Waals surface area contributed by atoms with Gasteiger partial charge in [-0.2, -0.15) is 0 Å². The van der Waals surface area contributed by atoms with Gasteiger partial charge in [-0.1, -0.05) is 0 Å². The van der Waals surface area contributed by atoms with E-state index in [9.17, 15) is 19.2 Å². The minimum absolute atomic E-state index is 0.146. The smallest absolute Gasteiger partial charge is 0.436 e. The summed E-state index contributed by atoms with van der Waals surface area (Å²) in [4.78, 5) is 50.9. The lowest BCUT2D eigenvalue weighted by atomic mass is 10.1. The van der Waals surface area contributed by atoms with E-state index in [0.29, 0.717) is 11.6 Å². The maximum Gasteiger partial charge on any atom is 0.436 e. The predicted molar refractivity (Wildman–Crippen MR) is 116 cm³/mol. The molecule has 0 aromatic carbocycles. The van der Waals surface area contributed by atoms with Gasteiger partial charge < -0.3 is 20.8 Å². The quantitative estimate of drug-likeness (QED) is 0.293. The number of carboxylic acid groups (broad SMARTS) is 2. The molecular formula is C18H23N5O6S2. The van der Waals surface area contributed by atoms with Crippen molar-refractivity contribution in [3.63, 3.8) is 0 Å². The normalized spacial score (nSPS) is 10.4. The summed E-state index contributed by atoms with van der Waals surface area (Å²) in [5.74, 6) is -0.146. The van der Waals surface area contributed by atoms with Crippen molar-refractivity contribution < 1.29 is 29.4 Å². The molecule has 2 aromatic rings. The van der Waals surface area contributed by atoms with Crippen LogP contribution in [0.5, 0.6) is 0 Å². The zero-order valence-electron chi connectivity index (χ0n) is 16.9. The summed E-state index contributed by atoms with van der Waals surface area (Å²) in [6.45, 7) is 3.72. The standard InChI is InChI=1S/C18H23N5O6S2/c1-10-8-13(6-5-12-9-30-16(21-12)20-11(2)24)31-14(10)4-3-7-19-15(25)22-23(17(26)27)18(28)29/h8-9H,3-7H2,1-2H3,(H,26,27)(H,28,29)(H2,19,22,25)(H,20,21,24). The molecule has 13 heteroatoms. The average Bonchev–Trinajstić information content (AvgIpc) is 3.26. The van der Waals surface area contributed by atoms with E-state index in [-0.39, 0.29) is 17.5 Å². The van der Waals surface area contributed by atoms with Crippen molar-refractivity contribution in [2.45, 2.75) is 39.5 Å². The molecule has 0 radical (unpaired) electrons. The van der Waals surface area contributed by atoms with Crippen LogP contribution >= 0.6 is 22.7 Å². The molecular weight excluding hydrogens is 446 g/mol. The van der Waals surface area contributed by atoms with E-state index < -0.39 is 18.2 Å². The SMILES string of the molecule is CC(=O)Nc1nc(CCc2cc(C)c(CCCNC(=O)NN(C(=O)O)C(=O)O)s2)cs1. The van der Waals surface area contributed by atoms with Gasteiger partial charge in [0.15, 0.2) is 5.13 Å². The Labute approximate surface area is 186 Å². The number of rotatable bonds is 8. The number of nitrogens with one attached hydrogen (secondary N) is 3. The number of thiophene rings is 1. The van der Waals surface area contributed by atoms with Crippen LogP contribution in [-0.2, 0) is 24.1 Å². The summed E-state index contributed by atoms with van der Waals surface area (Å²) in [6, 6.07) is 1.22. The predicted octanol–water partition coefficient (Wildman–Crippen LogP) is 3.06. The number of aryl methyl sites for hydroxylation is 4. The van der Waals surface area contributed by atoms with Crippen LogP contribution in [0.15, 0.2) is 11.4 Å². The average molecular weight is 470 g/mol. The summed E-state index contributed by atoms with van der Waals surface area (Å²) in [7, 11) is 0. The fraction of sp³-hybridized carbons (Fsp3) is 0.389. The number of amides is 5. The molecule has 0 aliphatic carbocycles. The number of urea groups is 1. The van der Waals surface area contributed by atoms with Crippen LogP contribution in [0.1, 0.15) is 34.4 Å². The highest BCUT2D eigenvalue weighted by Gasteiger charge is 2.21. The van der Waals surface area contributed by atoms with Gasteiger partial charge in [0.25, 0.3) is 0 Å². The first-order chi connectivity index (χ1) is 14.7. The Morgan fingerprint density at radius 2 is 1.84 bits per heavy atom. The van der Waals surface area contributed by atoms with Crippen molar-refractivity contribution in [1.82, 2.24) is 20.7 Å². The van der Waals surface area contributed by atoms with Crippen LogP contribution in [-0.4, -0.2) is 50.9 Å². The van der Waals surface area contributed by atoms with Crippen LogP contribution in [0.4, 0.5) is 19.5 Å². The molecule has 0 atom stereocenters.